The third-order valence-electron chi connectivity index (χ3n) is 4.09. The first-order valence-corrected chi connectivity index (χ1v) is 9.02. The maximum atomic E-state index is 4.75. The maximum Gasteiger partial charge on any atom is 0.191 e. The summed E-state index contributed by atoms with van der Waals surface area (Å²) in [4.78, 5) is 4.75. The standard InChI is InChI=1S/C20H26N6/c1-2-21-20(22-11-15-25-12-5-6-13-25)23-16-18-8-3-4-9-19(18)17-26-14-7-10-24-26/h3-10,12-14H,2,11,15-17H2,1H3,(H2,21,22,23). The minimum absolute atomic E-state index is 0.635. The smallest absolute Gasteiger partial charge is 0.191 e. The Kier molecular flexibility index (Phi) is 6.47. The molecule has 136 valence electrons. The third-order valence-corrected chi connectivity index (χ3v) is 4.09. The van der Waals surface area contributed by atoms with Crippen molar-refractivity contribution in [3.8, 4) is 0 Å². The van der Waals surface area contributed by atoms with Crippen LogP contribution >= 0.6 is 0 Å². The highest BCUT2D eigenvalue weighted by molar-refractivity contribution is 5.79. The molecule has 0 unspecified atom stereocenters. The van der Waals surface area contributed by atoms with Crippen molar-refractivity contribution in [2.75, 3.05) is 13.1 Å². The van der Waals surface area contributed by atoms with Crippen LogP contribution in [0.1, 0.15) is 18.1 Å². The minimum atomic E-state index is 0.635. The van der Waals surface area contributed by atoms with E-state index in [0.29, 0.717) is 6.54 Å². The third kappa shape index (κ3) is 5.24. The van der Waals surface area contributed by atoms with Gasteiger partial charge in [-0.15, -0.1) is 0 Å². The van der Waals surface area contributed by atoms with Crippen LogP contribution < -0.4 is 10.6 Å². The monoisotopic (exact) mass is 350 g/mol. The van der Waals surface area contributed by atoms with Crippen molar-refractivity contribution in [2.45, 2.75) is 26.6 Å². The van der Waals surface area contributed by atoms with E-state index in [4.69, 9.17) is 4.99 Å². The molecule has 0 radical (unpaired) electrons. The summed E-state index contributed by atoms with van der Waals surface area (Å²) >= 11 is 0. The van der Waals surface area contributed by atoms with Gasteiger partial charge in [-0.25, -0.2) is 4.99 Å². The normalized spacial score (nSPS) is 11.5. The lowest BCUT2D eigenvalue weighted by atomic mass is 10.1. The molecule has 0 atom stereocenters. The highest BCUT2D eigenvalue weighted by atomic mass is 15.3. The fourth-order valence-electron chi connectivity index (χ4n) is 2.76. The van der Waals surface area contributed by atoms with Gasteiger partial charge in [-0.1, -0.05) is 24.3 Å². The molecule has 3 rings (SSSR count). The van der Waals surface area contributed by atoms with Crippen LogP contribution in [0, 0.1) is 0 Å². The van der Waals surface area contributed by atoms with Crippen LogP contribution in [0.5, 0.6) is 0 Å². The average Bonchev–Trinajstić information content (AvgIpc) is 3.35. The van der Waals surface area contributed by atoms with E-state index in [1.165, 1.54) is 11.1 Å². The second kappa shape index (κ2) is 9.46. The Morgan fingerprint density at radius 3 is 2.54 bits per heavy atom. The van der Waals surface area contributed by atoms with Crippen LogP contribution in [0.2, 0.25) is 0 Å². The second-order valence-electron chi connectivity index (χ2n) is 6.02. The lowest BCUT2D eigenvalue weighted by Gasteiger charge is -2.13. The van der Waals surface area contributed by atoms with Gasteiger partial charge in [-0.2, -0.15) is 5.10 Å². The number of nitrogens with one attached hydrogen (secondary N) is 2. The molecule has 0 aliphatic heterocycles. The van der Waals surface area contributed by atoms with Crippen molar-refractivity contribution in [2.24, 2.45) is 4.99 Å². The zero-order valence-corrected chi connectivity index (χ0v) is 15.2. The summed E-state index contributed by atoms with van der Waals surface area (Å²) < 4.78 is 4.08. The van der Waals surface area contributed by atoms with E-state index in [1.807, 2.05) is 29.1 Å². The summed E-state index contributed by atoms with van der Waals surface area (Å²) in [5.41, 5.74) is 2.45. The van der Waals surface area contributed by atoms with Crippen molar-refractivity contribution < 1.29 is 0 Å². The molecule has 2 N–H and O–H groups in total. The molecule has 6 nitrogen and oxygen atoms in total. The molecule has 0 aliphatic rings. The van der Waals surface area contributed by atoms with Gasteiger partial charge in [0.05, 0.1) is 13.1 Å². The lowest BCUT2D eigenvalue weighted by molar-refractivity contribution is 0.664. The van der Waals surface area contributed by atoms with Crippen molar-refractivity contribution >= 4 is 5.96 Å². The van der Waals surface area contributed by atoms with Gasteiger partial charge in [0.15, 0.2) is 5.96 Å². The fraction of sp³-hybridized carbons (Fsp3) is 0.300. The number of hydrogen-bond donors (Lipinski definition) is 2. The summed E-state index contributed by atoms with van der Waals surface area (Å²) in [5.74, 6) is 0.841. The van der Waals surface area contributed by atoms with Crippen LogP contribution in [-0.2, 0) is 19.6 Å². The van der Waals surface area contributed by atoms with Gasteiger partial charge in [0.2, 0.25) is 0 Å². The first-order valence-electron chi connectivity index (χ1n) is 9.02. The van der Waals surface area contributed by atoms with Crippen molar-refractivity contribution in [1.82, 2.24) is 25.0 Å². The molecule has 0 saturated heterocycles. The van der Waals surface area contributed by atoms with Crippen molar-refractivity contribution in [3.05, 3.63) is 78.4 Å². The molecule has 0 bridgehead atoms. The van der Waals surface area contributed by atoms with Crippen LogP contribution in [-0.4, -0.2) is 33.4 Å². The number of benzene rings is 1. The molecular weight excluding hydrogens is 324 g/mol. The summed E-state index contributed by atoms with van der Waals surface area (Å²) in [7, 11) is 0. The molecule has 0 amide bonds. The van der Waals surface area contributed by atoms with E-state index in [-0.39, 0.29) is 0 Å². The molecule has 26 heavy (non-hydrogen) atoms. The number of aromatic nitrogens is 3. The highest BCUT2D eigenvalue weighted by Crippen LogP contribution is 2.11. The average molecular weight is 350 g/mol. The van der Waals surface area contributed by atoms with E-state index in [1.54, 1.807) is 6.20 Å². The number of guanidine groups is 1. The number of aliphatic imine (C=N–C) groups is 1. The van der Waals surface area contributed by atoms with Crippen molar-refractivity contribution in [1.29, 1.82) is 0 Å². The molecule has 0 aliphatic carbocycles. The van der Waals surface area contributed by atoms with Gasteiger partial charge in [-0.05, 0) is 36.2 Å². The van der Waals surface area contributed by atoms with Gasteiger partial charge in [-0.3, -0.25) is 4.68 Å². The number of rotatable bonds is 8. The lowest BCUT2D eigenvalue weighted by Crippen LogP contribution is -2.38. The predicted molar refractivity (Wildman–Crippen MR) is 105 cm³/mol. The SMILES string of the molecule is CCNC(=NCc1ccccc1Cn1cccn1)NCCn1cccc1. The molecule has 0 spiro atoms. The Bertz CT molecular complexity index is 790. The van der Waals surface area contributed by atoms with E-state index in [0.717, 1.165) is 32.1 Å². The number of nitrogens with zero attached hydrogens (tertiary/aromatic N) is 4. The van der Waals surface area contributed by atoms with Gasteiger partial charge < -0.3 is 15.2 Å². The van der Waals surface area contributed by atoms with E-state index in [2.05, 4.69) is 63.9 Å². The second-order valence-corrected chi connectivity index (χ2v) is 6.02. The first-order chi connectivity index (χ1) is 12.8. The van der Waals surface area contributed by atoms with Crippen LogP contribution in [0.25, 0.3) is 0 Å². The summed E-state index contributed by atoms with van der Waals surface area (Å²) in [6, 6.07) is 14.4. The molecule has 2 aromatic heterocycles. The molecule has 0 fully saturated rings. The fourth-order valence-corrected chi connectivity index (χ4v) is 2.76. The quantitative estimate of drug-likeness (QED) is 0.485. The Balaban J connectivity index is 1.61. The molecular formula is C20H26N6. The maximum absolute atomic E-state index is 4.75. The van der Waals surface area contributed by atoms with Crippen LogP contribution in [0.15, 0.2) is 72.2 Å². The van der Waals surface area contributed by atoms with Gasteiger partial charge in [0.25, 0.3) is 0 Å². The van der Waals surface area contributed by atoms with Gasteiger partial charge >= 0.3 is 0 Å². The first kappa shape index (κ1) is 17.8. The molecule has 3 aromatic rings. The molecule has 1 aromatic carbocycles. The zero-order chi connectivity index (χ0) is 18.0. The van der Waals surface area contributed by atoms with E-state index >= 15 is 0 Å². The largest absolute Gasteiger partial charge is 0.357 e. The summed E-state index contributed by atoms with van der Waals surface area (Å²) in [5, 5.41) is 11.0. The molecule has 2 heterocycles. The Morgan fingerprint density at radius 1 is 1.00 bits per heavy atom. The highest BCUT2D eigenvalue weighted by Gasteiger charge is 2.04. The Hall–Kier alpha value is -3.02. The van der Waals surface area contributed by atoms with Gasteiger partial charge in [0.1, 0.15) is 0 Å². The van der Waals surface area contributed by atoms with Crippen LogP contribution in [0.3, 0.4) is 0 Å². The van der Waals surface area contributed by atoms with Crippen molar-refractivity contribution in [3.63, 3.8) is 0 Å². The predicted octanol–water partition coefficient (Wildman–Crippen LogP) is 2.49. The van der Waals surface area contributed by atoms with E-state index in [9.17, 15) is 0 Å². The minimum Gasteiger partial charge on any atom is -0.357 e. The number of hydrogen-bond acceptors (Lipinski definition) is 2. The molecule has 6 heteroatoms. The van der Waals surface area contributed by atoms with E-state index < -0.39 is 0 Å². The summed E-state index contributed by atoms with van der Waals surface area (Å²) in [6.45, 7) is 6.05. The molecule has 0 saturated carbocycles. The van der Waals surface area contributed by atoms with Crippen LogP contribution in [0.4, 0.5) is 0 Å². The topological polar surface area (TPSA) is 59.2 Å². The zero-order valence-electron chi connectivity index (χ0n) is 15.2. The van der Waals surface area contributed by atoms with Gasteiger partial charge in [0, 0.05) is 44.4 Å². The Labute approximate surface area is 154 Å². The Morgan fingerprint density at radius 2 is 1.81 bits per heavy atom. The summed E-state index contributed by atoms with van der Waals surface area (Å²) in [6.07, 6.45) is 7.92.